The number of hydrogen-bond donors (Lipinski definition) is 1. The lowest BCUT2D eigenvalue weighted by Gasteiger charge is -2.15. The Labute approximate surface area is 183 Å². The van der Waals surface area contributed by atoms with Crippen LogP contribution in [0, 0.1) is 0 Å². The summed E-state index contributed by atoms with van der Waals surface area (Å²) in [4.78, 5) is 11.6. The summed E-state index contributed by atoms with van der Waals surface area (Å²) < 4.78 is 30.5. The summed E-state index contributed by atoms with van der Waals surface area (Å²) >= 11 is 0. The van der Waals surface area contributed by atoms with Gasteiger partial charge in [0.2, 0.25) is 0 Å². The van der Waals surface area contributed by atoms with Gasteiger partial charge in [-0.1, -0.05) is 6.07 Å². The zero-order valence-electron chi connectivity index (χ0n) is 16.9. The molecule has 10 heteroatoms. The van der Waals surface area contributed by atoms with Crippen molar-refractivity contribution >= 4 is 15.8 Å². The average molecular weight is 449 g/mol. The van der Waals surface area contributed by atoms with Gasteiger partial charge in [-0.2, -0.15) is 0 Å². The maximum Gasteiger partial charge on any atom is 0.335 e. The molecule has 0 spiro atoms. The standard InChI is InChI=1S/C22H19N5O4S/c28-22(29)16-5-7-19(15-3-4-15)21(12-16)32(30,31)13-17-11-18(27-14-23-24-25-27)6-8-20(17)26-9-1-2-10-26/h1-2,5-12,14-15H,3-4,13H2,(H,28,29). The molecule has 0 aliphatic heterocycles. The van der Waals surface area contributed by atoms with Gasteiger partial charge in [-0.15, -0.1) is 5.10 Å². The molecule has 2 aromatic heterocycles. The Bertz CT molecular complexity index is 1390. The van der Waals surface area contributed by atoms with Gasteiger partial charge in [0.15, 0.2) is 9.84 Å². The van der Waals surface area contributed by atoms with E-state index in [1.165, 1.54) is 23.1 Å². The molecule has 5 rings (SSSR count). The molecule has 0 amide bonds. The van der Waals surface area contributed by atoms with E-state index in [0.29, 0.717) is 22.5 Å². The van der Waals surface area contributed by atoms with Crippen LogP contribution in [-0.4, -0.2) is 44.3 Å². The summed E-state index contributed by atoms with van der Waals surface area (Å²) in [6.45, 7) is 0. The molecule has 2 aromatic carbocycles. The van der Waals surface area contributed by atoms with E-state index in [2.05, 4.69) is 15.5 Å². The normalized spacial score (nSPS) is 13.9. The maximum absolute atomic E-state index is 13.6. The van der Waals surface area contributed by atoms with E-state index in [-0.39, 0.29) is 22.1 Å². The molecule has 0 atom stereocenters. The van der Waals surface area contributed by atoms with Crippen LogP contribution in [0.1, 0.15) is 40.2 Å². The summed E-state index contributed by atoms with van der Waals surface area (Å²) in [6.07, 6.45) is 6.91. The lowest BCUT2D eigenvalue weighted by molar-refractivity contribution is 0.0696. The van der Waals surface area contributed by atoms with Crippen molar-refractivity contribution < 1.29 is 18.3 Å². The van der Waals surface area contributed by atoms with Crippen molar-refractivity contribution in [3.63, 3.8) is 0 Å². The molecular weight excluding hydrogens is 430 g/mol. The molecule has 0 bridgehead atoms. The summed E-state index contributed by atoms with van der Waals surface area (Å²) in [6, 6.07) is 13.5. The second-order valence-corrected chi connectivity index (χ2v) is 9.71. The Morgan fingerprint density at radius 3 is 2.53 bits per heavy atom. The number of hydrogen-bond acceptors (Lipinski definition) is 6. The smallest absolute Gasteiger partial charge is 0.335 e. The number of sulfone groups is 1. The largest absolute Gasteiger partial charge is 0.478 e. The maximum atomic E-state index is 13.6. The number of rotatable bonds is 7. The minimum absolute atomic E-state index is 0.0407. The lowest BCUT2D eigenvalue weighted by atomic mass is 10.1. The number of tetrazole rings is 1. The Morgan fingerprint density at radius 2 is 1.88 bits per heavy atom. The van der Waals surface area contributed by atoms with Crippen LogP contribution < -0.4 is 0 Å². The summed E-state index contributed by atoms with van der Waals surface area (Å²) in [5.41, 5.74) is 2.53. The van der Waals surface area contributed by atoms with Gasteiger partial charge < -0.3 is 9.67 Å². The number of benzene rings is 2. The van der Waals surface area contributed by atoms with E-state index in [0.717, 1.165) is 12.8 Å². The quantitative estimate of drug-likeness (QED) is 0.460. The van der Waals surface area contributed by atoms with Crippen LogP contribution in [0.15, 0.2) is 72.1 Å². The van der Waals surface area contributed by atoms with Crippen LogP contribution in [0.25, 0.3) is 11.4 Å². The molecule has 0 unspecified atom stereocenters. The van der Waals surface area contributed by atoms with E-state index in [9.17, 15) is 18.3 Å². The molecule has 4 aromatic rings. The second kappa shape index (κ2) is 7.72. The summed E-state index contributed by atoms with van der Waals surface area (Å²) in [5, 5.41) is 20.6. The van der Waals surface area contributed by atoms with Gasteiger partial charge in [0.05, 0.1) is 21.9 Å². The molecule has 2 heterocycles. The zero-order chi connectivity index (χ0) is 22.3. The SMILES string of the molecule is O=C(O)c1ccc(C2CC2)c(S(=O)(=O)Cc2cc(-n3cnnn3)ccc2-n2cccc2)c1. The highest BCUT2D eigenvalue weighted by Gasteiger charge is 2.31. The van der Waals surface area contributed by atoms with Crippen molar-refractivity contribution in [2.75, 3.05) is 0 Å². The van der Waals surface area contributed by atoms with Gasteiger partial charge in [-0.25, -0.2) is 17.9 Å². The number of carbonyl (C=O) groups is 1. The molecule has 162 valence electrons. The van der Waals surface area contributed by atoms with E-state index >= 15 is 0 Å². The summed E-state index contributed by atoms with van der Waals surface area (Å²) in [7, 11) is -3.84. The third-order valence-corrected chi connectivity index (χ3v) is 7.23. The fourth-order valence-electron chi connectivity index (χ4n) is 3.81. The van der Waals surface area contributed by atoms with Crippen LogP contribution >= 0.6 is 0 Å². The van der Waals surface area contributed by atoms with Crippen LogP contribution in [0.3, 0.4) is 0 Å². The first-order valence-corrected chi connectivity index (χ1v) is 11.7. The van der Waals surface area contributed by atoms with Crippen LogP contribution in [-0.2, 0) is 15.6 Å². The lowest BCUT2D eigenvalue weighted by Crippen LogP contribution is -2.12. The third kappa shape index (κ3) is 3.80. The first-order valence-electron chi connectivity index (χ1n) is 10.0. The Hall–Kier alpha value is -3.79. The number of aromatic carboxylic acids is 1. The number of carboxylic acids is 1. The highest BCUT2D eigenvalue weighted by atomic mass is 32.2. The number of carboxylic acid groups (broad SMARTS) is 1. The fraction of sp³-hybridized carbons (Fsp3) is 0.182. The molecular formula is C22H19N5O4S. The van der Waals surface area contributed by atoms with Crippen LogP contribution in [0.4, 0.5) is 0 Å². The fourth-order valence-corrected chi connectivity index (χ4v) is 5.50. The summed E-state index contributed by atoms with van der Waals surface area (Å²) in [5.74, 6) is -1.30. The van der Waals surface area contributed by atoms with Crippen LogP contribution in [0.5, 0.6) is 0 Å². The topological polar surface area (TPSA) is 120 Å². The van der Waals surface area contributed by atoms with Crippen molar-refractivity contribution in [1.82, 2.24) is 24.8 Å². The Balaban J connectivity index is 1.62. The van der Waals surface area contributed by atoms with Gasteiger partial charge >= 0.3 is 5.97 Å². The Kier molecular flexibility index (Phi) is 4.86. The second-order valence-electron chi connectivity index (χ2n) is 7.75. The van der Waals surface area contributed by atoms with Crippen molar-refractivity contribution in [2.45, 2.75) is 29.4 Å². The van der Waals surface area contributed by atoms with Crippen molar-refractivity contribution in [2.24, 2.45) is 0 Å². The first-order chi connectivity index (χ1) is 15.4. The minimum Gasteiger partial charge on any atom is -0.478 e. The van der Waals surface area contributed by atoms with Crippen molar-refractivity contribution in [3.8, 4) is 11.4 Å². The minimum atomic E-state index is -3.84. The van der Waals surface area contributed by atoms with E-state index in [1.807, 2.05) is 41.2 Å². The molecule has 32 heavy (non-hydrogen) atoms. The van der Waals surface area contributed by atoms with Crippen molar-refractivity contribution in [1.29, 1.82) is 0 Å². The predicted molar refractivity (Wildman–Crippen MR) is 115 cm³/mol. The molecule has 9 nitrogen and oxygen atoms in total. The molecule has 0 saturated heterocycles. The molecule has 1 fully saturated rings. The number of aromatic nitrogens is 5. The van der Waals surface area contributed by atoms with E-state index in [1.54, 1.807) is 12.1 Å². The molecule has 1 saturated carbocycles. The number of nitrogens with zero attached hydrogens (tertiary/aromatic N) is 5. The highest BCUT2D eigenvalue weighted by molar-refractivity contribution is 7.90. The molecule has 0 radical (unpaired) electrons. The molecule has 1 aliphatic carbocycles. The van der Waals surface area contributed by atoms with Gasteiger partial charge in [0.25, 0.3) is 0 Å². The van der Waals surface area contributed by atoms with Gasteiger partial charge in [0.1, 0.15) is 6.33 Å². The molecule has 1 N–H and O–H groups in total. The zero-order valence-corrected chi connectivity index (χ0v) is 17.7. The molecule has 1 aliphatic rings. The highest BCUT2D eigenvalue weighted by Crippen LogP contribution is 2.43. The predicted octanol–water partition coefficient (Wildman–Crippen LogP) is 3.00. The Morgan fingerprint density at radius 1 is 1.09 bits per heavy atom. The van der Waals surface area contributed by atoms with Gasteiger partial charge in [-0.3, -0.25) is 0 Å². The monoisotopic (exact) mass is 449 g/mol. The van der Waals surface area contributed by atoms with E-state index in [4.69, 9.17) is 0 Å². The average Bonchev–Trinajstić information content (AvgIpc) is 3.23. The van der Waals surface area contributed by atoms with Gasteiger partial charge in [-0.05, 0) is 82.8 Å². The van der Waals surface area contributed by atoms with E-state index < -0.39 is 15.8 Å². The van der Waals surface area contributed by atoms with Crippen LogP contribution in [0.2, 0.25) is 0 Å². The van der Waals surface area contributed by atoms with Crippen molar-refractivity contribution in [3.05, 3.63) is 83.9 Å². The first kappa shape index (κ1) is 20.1. The van der Waals surface area contributed by atoms with Gasteiger partial charge in [0, 0.05) is 18.1 Å². The third-order valence-electron chi connectivity index (χ3n) is 5.52.